The lowest BCUT2D eigenvalue weighted by molar-refractivity contribution is 0.0159. The van der Waals surface area contributed by atoms with Gasteiger partial charge in [0.15, 0.2) is 0 Å². The summed E-state index contributed by atoms with van der Waals surface area (Å²) in [5.74, 6) is -2.78. The molecule has 0 saturated carbocycles. The zero-order valence-corrected chi connectivity index (χ0v) is 21.3. The molecule has 0 aromatic heterocycles. The smallest absolute Gasteiger partial charge is 0.270 e. The van der Waals surface area contributed by atoms with E-state index in [9.17, 15) is 8.78 Å². The van der Waals surface area contributed by atoms with Gasteiger partial charge >= 0.3 is 0 Å². The second-order valence-corrected chi connectivity index (χ2v) is 10.6. The number of benzene rings is 2. The number of alkyl halides is 2. The molecule has 0 spiro atoms. The van der Waals surface area contributed by atoms with Crippen LogP contribution in [0.2, 0.25) is 0 Å². The second-order valence-electron chi connectivity index (χ2n) is 10.6. The molecule has 3 nitrogen and oxygen atoms in total. The number of nitrogens with zero attached hydrogens (tertiary/aromatic N) is 3. The molecule has 0 bridgehead atoms. The Hall–Kier alpha value is -1.82. The third-order valence-corrected chi connectivity index (χ3v) is 8.04. The van der Waals surface area contributed by atoms with Crippen molar-refractivity contribution in [1.82, 2.24) is 14.7 Å². The number of piperazine rings is 1. The number of aryl methyl sites for hydroxylation is 2. The Morgan fingerprint density at radius 3 is 1.97 bits per heavy atom. The Bertz CT molecular complexity index is 898. The third-order valence-electron chi connectivity index (χ3n) is 8.04. The molecule has 2 aromatic carbocycles. The van der Waals surface area contributed by atoms with Crippen molar-refractivity contribution in [2.45, 2.75) is 70.5 Å². The summed E-state index contributed by atoms with van der Waals surface area (Å²) in [6.45, 7) is 11.6. The van der Waals surface area contributed by atoms with Crippen molar-refractivity contribution < 1.29 is 8.78 Å². The van der Waals surface area contributed by atoms with Gasteiger partial charge in [-0.2, -0.15) is 0 Å². The zero-order chi connectivity index (χ0) is 24.3. The van der Waals surface area contributed by atoms with Gasteiger partial charge in [0, 0.05) is 50.2 Å². The van der Waals surface area contributed by atoms with Crippen LogP contribution in [0.1, 0.15) is 61.9 Å². The molecule has 0 aliphatic carbocycles. The molecule has 0 radical (unpaired) electrons. The summed E-state index contributed by atoms with van der Waals surface area (Å²) in [6, 6.07) is 17.5. The highest BCUT2D eigenvalue weighted by Gasteiger charge is 2.32. The zero-order valence-electron chi connectivity index (χ0n) is 21.3. The van der Waals surface area contributed by atoms with Gasteiger partial charge in [0.25, 0.3) is 5.92 Å². The summed E-state index contributed by atoms with van der Waals surface area (Å²) >= 11 is 0. The van der Waals surface area contributed by atoms with Crippen LogP contribution in [-0.4, -0.2) is 66.6 Å². The Morgan fingerprint density at radius 2 is 1.44 bits per heavy atom. The maximum Gasteiger partial charge on any atom is 0.270 e. The van der Waals surface area contributed by atoms with E-state index < -0.39 is 5.92 Å². The van der Waals surface area contributed by atoms with E-state index in [1.54, 1.807) is 12.1 Å². The molecular weight excluding hydrogens is 428 g/mol. The van der Waals surface area contributed by atoms with E-state index in [-0.39, 0.29) is 5.56 Å². The van der Waals surface area contributed by atoms with E-state index in [1.165, 1.54) is 50.1 Å². The fraction of sp³-hybridized carbons (Fsp3) is 0.586. The van der Waals surface area contributed by atoms with E-state index in [1.807, 2.05) is 12.1 Å². The van der Waals surface area contributed by atoms with Gasteiger partial charge in [-0.25, -0.2) is 8.78 Å². The molecule has 2 aliphatic rings. The molecule has 0 unspecified atom stereocenters. The average molecular weight is 470 g/mol. The van der Waals surface area contributed by atoms with Gasteiger partial charge in [-0.3, -0.25) is 9.80 Å². The van der Waals surface area contributed by atoms with E-state index >= 15 is 0 Å². The molecule has 0 amide bonds. The van der Waals surface area contributed by atoms with Crippen LogP contribution in [0.15, 0.2) is 48.5 Å². The minimum Gasteiger partial charge on any atom is -0.306 e. The van der Waals surface area contributed by atoms with Crippen LogP contribution >= 0.6 is 0 Å². The molecule has 2 aromatic rings. The van der Waals surface area contributed by atoms with E-state index in [2.05, 4.69) is 59.9 Å². The molecule has 2 aliphatic heterocycles. The van der Waals surface area contributed by atoms with Crippen molar-refractivity contribution in [3.63, 3.8) is 0 Å². The minimum atomic E-state index is -2.78. The largest absolute Gasteiger partial charge is 0.306 e. The Balaban J connectivity index is 1.28. The van der Waals surface area contributed by atoms with E-state index in [0.29, 0.717) is 12.1 Å². The van der Waals surface area contributed by atoms with Crippen LogP contribution in [0.4, 0.5) is 8.78 Å². The second kappa shape index (κ2) is 10.8. The van der Waals surface area contributed by atoms with Crippen LogP contribution < -0.4 is 0 Å². The third kappa shape index (κ3) is 6.24. The van der Waals surface area contributed by atoms with E-state index in [4.69, 9.17) is 0 Å². The topological polar surface area (TPSA) is 9.72 Å². The van der Waals surface area contributed by atoms with Crippen LogP contribution in [0.5, 0.6) is 0 Å². The Kier molecular flexibility index (Phi) is 8.06. The number of hydrogen-bond acceptors (Lipinski definition) is 3. The molecule has 2 atom stereocenters. The van der Waals surface area contributed by atoms with Crippen LogP contribution in [0.3, 0.4) is 0 Å². The lowest BCUT2D eigenvalue weighted by atomic mass is 9.97. The Morgan fingerprint density at radius 1 is 0.882 bits per heavy atom. The van der Waals surface area contributed by atoms with Gasteiger partial charge in [-0.15, -0.1) is 0 Å². The normalized spacial score (nSPS) is 22.7. The first-order chi connectivity index (χ1) is 16.2. The van der Waals surface area contributed by atoms with Crippen molar-refractivity contribution >= 4 is 0 Å². The van der Waals surface area contributed by atoms with Crippen LogP contribution in [0.25, 0.3) is 0 Å². The van der Waals surface area contributed by atoms with Crippen LogP contribution in [-0.2, 0) is 18.8 Å². The maximum absolute atomic E-state index is 13.4. The standard InChI is InChI=1S/C29H41F2N3/c1-22-21-33(28-15-17-32(4)18-16-28)19-20-34(22)23(2)26-11-7-24(8-12-26)5-6-25-9-13-27(14-10-25)29(3,30)31/h7-14,22-23,28H,5-6,15-21H2,1-4H3/t22-,23+/m1/s1. The predicted molar refractivity (Wildman–Crippen MR) is 137 cm³/mol. The Labute approximate surface area is 204 Å². The lowest BCUT2D eigenvalue weighted by Gasteiger charge is -2.47. The van der Waals surface area contributed by atoms with E-state index in [0.717, 1.165) is 37.9 Å². The SMILES string of the molecule is C[C@@H]1CN(C2CCN(C)CC2)CCN1[C@@H](C)c1ccc(CCc2ccc(C(C)(F)F)cc2)cc1. The van der Waals surface area contributed by atoms with Crippen molar-refractivity contribution in [3.8, 4) is 0 Å². The number of halogens is 2. The van der Waals surface area contributed by atoms with Gasteiger partial charge in [0.2, 0.25) is 0 Å². The molecule has 186 valence electrons. The minimum absolute atomic E-state index is 0.0796. The first kappa shape index (κ1) is 25.3. The lowest BCUT2D eigenvalue weighted by Crippen LogP contribution is -2.56. The average Bonchev–Trinajstić information content (AvgIpc) is 2.83. The quantitative estimate of drug-likeness (QED) is 0.512. The summed E-state index contributed by atoms with van der Waals surface area (Å²) in [6.07, 6.45) is 4.38. The molecule has 2 heterocycles. The first-order valence-electron chi connectivity index (χ1n) is 12.9. The highest BCUT2D eigenvalue weighted by atomic mass is 19.3. The van der Waals surface area contributed by atoms with Crippen molar-refractivity contribution in [1.29, 1.82) is 0 Å². The fourth-order valence-corrected chi connectivity index (χ4v) is 5.67. The van der Waals surface area contributed by atoms with Crippen molar-refractivity contribution in [2.75, 3.05) is 39.8 Å². The summed E-state index contributed by atoms with van der Waals surface area (Å²) in [5, 5.41) is 0. The van der Waals surface area contributed by atoms with Crippen LogP contribution in [0, 0.1) is 0 Å². The van der Waals surface area contributed by atoms with Gasteiger partial charge in [-0.05, 0) is 76.4 Å². The number of likely N-dealkylation sites (tertiary alicyclic amines) is 1. The van der Waals surface area contributed by atoms with Gasteiger partial charge in [-0.1, -0.05) is 48.5 Å². The fourth-order valence-electron chi connectivity index (χ4n) is 5.67. The number of rotatable bonds is 7. The van der Waals surface area contributed by atoms with Crippen molar-refractivity contribution in [2.24, 2.45) is 0 Å². The summed E-state index contributed by atoms with van der Waals surface area (Å²) in [4.78, 5) is 7.84. The first-order valence-corrected chi connectivity index (χ1v) is 12.9. The number of hydrogen-bond donors (Lipinski definition) is 0. The molecule has 2 saturated heterocycles. The molecule has 4 rings (SSSR count). The maximum atomic E-state index is 13.4. The monoisotopic (exact) mass is 469 g/mol. The highest BCUT2D eigenvalue weighted by molar-refractivity contribution is 5.28. The highest BCUT2D eigenvalue weighted by Crippen LogP contribution is 2.29. The van der Waals surface area contributed by atoms with Crippen molar-refractivity contribution in [3.05, 3.63) is 70.8 Å². The summed E-state index contributed by atoms with van der Waals surface area (Å²) in [5.41, 5.74) is 3.84. The van der Waals surface area contributed by atoms with Gasteiger partial charge < -0.3 is 4.90 Å². The molecule has 5 heteroatoms. The van der Waals surface area contributed by atoms with Gasteiger partial charge in [0.05, 0.1) is 0 Å². The molecular formula is C29H41F2N3. The molecule has 34 heavy (non-hydrogen) atoms. The number of piperidine rings is 1. The molecule has 0 N–H and O–H groups in total. The molecule has 2 fully saturated rings. The summed E-state index contributed by atoms with van der Waals surface area (Å²) in [7, 11) is 2.23. The predicted octanol–water partition coefficient (Wildman–Crippen LogP) is 5.74. The summed E-state index contributed by atoms with van der Waals surface area (Å²) < 4.78 is 26.8. The van der Waals surface area contributed by atoms with Gasteiger partial charge in [0.1, 0.15) is 0 Å².